The quantitative estimate of drug-likeness (QED) is 0.790. The summed E-state index contributed by atoms with van der Waals surface area (Å²) in [4.78, 5) is 11.8. The van der Waals surface area contributed by atoms with Crippen LogP contribution in [0.4, 0.5) is 8.78 Å². The van der Waals surface area contributed by atoms with Crippen molar-refractivity contribution in [1.29, 1.82) is 0 Å². The van der Waals surface area contributed by atoms with E-state index in [9.17, 15) is 13.6 Å². The number of nitrogens with one attached hydrogen (secondary N) is 1. The molecule has 0 aliphatic rings. The summed E-state index contributed by atoms with van der Waals surface area (Å²) in [5, 5.41) is 2.81. The molecule has 2 aromatic carbocycles. The van der Waals surface area contributed by atoms with Crippen LogP contribution in [0.1, 0.15) is 11.1 Å². The molecule has 3 nitrogen and oxygen atoms in total. The molecule has 0 saturated carbocycles. The van der Waals surface area contributed by atoms with E-state index in [-0.39, 0.29) is 17.5 Å². The van der Waals surface area contributed by atoms with E-state index >= 15 is 0 Å². The third-order valence-electron chi connectivity index (χ3n) is 3.37. The van der Waals surface area contributed by atoms with Gasteiger partial charge < -0.3 is 10.1 Å². The van der Waals surface area contributed by atoms with E-state index in [4.69, 9.17) is 4.74 Å². The highest BCUT2D eigenvalue weighted by atomic mass is 32.2. The molecule has 2 rings (SSSR count). The summed E-state index contributed by atoms with van der Waals surface area (Å²) in [6.45, 7) is 0.502. The molecule has 0 aliphatic heterocycles. The molecule has 0 fully saturated rings. The highest BCUT2D eigenvalue weighted by Crippen LogP contribution is 2.20. The molecule has 0 saturated heterocycles. The summed E-state index contributed by atoms with van der Waals surface area (Å²) >= 11 is 1.42. The summed E-state index contributed by atoms with van der Waals surface area (Å²) in [6.07, 6.45) is 0.653. The van der Waals surface area contributed by atoms with E-state index < -0.39 is 5.82 Å². The third-order valence-corrected chi connectivity index (χ3v) is 4.37. The van der Waals surface area contributed by atoms with Crippen molar-refractivity contribution in [3.63, 3.8) is 0 Å². The Morgan fingerprint density at radius 1 is 1.12 bits per heavy atom. The molecule has 1 amide bonds. The second-order valence-electron chi connectivity index (χ2n) is 5.19. The minimum atomic E-state index is -0.403. The lowest BCUT2D eigenvalue weighted by Gasteiger charge is -2.07. The Bertz CT molecular complexity index is 677. The van der Waals surface area contributed by atoms with Crippen LogP contribution in [0, 0.1) is 11.6 Å². The van der Waals surface area contributed by atoms with Gasteiger partial charge in [-0.1, -0.05) is 18.2 Å². The zero-order valence-corrected chi connectivity index (χ0v) is 14.2. The Morgan fingerprint density at radius 3 is 2.50 bits per heavy atom. The first-order valence-corrected chi connectivity index (χ1v) is 8.65. The zero-order valence-electron chi connectivity index (χ0n) is 13.4. The summed E-state index contributed by atoms with van der Waals surface area (Å²) in [5.41, 5.74) is 1.77. The molecule has 0 heterocycles. The lowest BCUT2D eigenvalue weighted by molar-refractivity contribution is -0.118. The van der Waals surface area contributed by atoms with Crippen molar-refractivity contribution in [3.05, 3.63) is 65.2 Å². The van der Waals surface area contributed by atoms with Crippen molar-refractivity contribution < 1.29 is 18.3 Å². The van der Waals surface area contributed by atoms with Crippen molar-refractivity contribution in [2.45, 2.75) is 12.2 Å². The minimum Gasteiger partial charge on any atom is -0.494 e. The zero-order chi connectivity index (χ0) is 17.4. The number of carbonyl (C=O) groups is 1. The van der Waals surface area contributed by atoms with E-state index in [1.54, 1.807) is 24.3 Å². The lowest BCUT2D eigenvalue weighted by Crippen LogP contribution is -2.27. The number of methoxy groups -OCH3 is 1. The minimum absolute atomic E-state index is 0.0731. The molecule has 1 N–H and O–H groups in total. The second kappa shape index (κ2) is 9.27. The molecule has 6 heteroatoms. The molecule has 0 aromatic heterocycles. The SMILES string of the molecule is COc1ccc(CSCC(=O)NCCc2ccc(F)cc2)cc1F. The first kappa shape index (κ1) is 18.3. The summed E-state index contributed by atoms with van der Waals surface area (Å²) in [6, 6.07) is 11.0. The molecule has 24 heavy (non-hydrogen) atoms. The van der Waals surface area contributed by atoms with Gasteiger partial charge in [0, 0.05) is 12.3 Å². The fourth-order valence-electron chi connectivity index (χ4n) is 2.11. The summed E-state index contributed by atoms with van der Waals surface area (Å²) in [5.74, 6) is 0.315. The van der Waals surface area contributed by atoms with Crippen LogP contribution in [-0.4, -0.2) is 25.3 Å². The van der Waals surface area contributed by atoms with Crippen LogP contribution in [0.5, 0.6) is 5.75 Å². The molecule has 0 unspecified atom stereocenters. The van der Waals surface area contributed by atoms with Crippen LogP contribution in [0.15, 0.2) is 42.5 Å². The number of amides is 1. The Hall–Kier alpha value is -2.08. The van der Waals surface area contributed by atoms with E-state index in [0.717, 1.165) is 11.1 Å². The monoisotopic (exact) mass is 351 g/mol. The van der Waals surface area contributed by atoms with Crippen molar-refractivity contribution in [2.24, 2.45) is 0 Å². The first-order valence-electron chi connectivity index (χ1n) is 7.50. The number of thioether (sulfide) groups is 1. The normalized spacial score (nSPS) is 10.5. The summed E-state index contributed by atoms with van der Waals surface area (Å²) in [7, 11) is 1.42. The second-order valence-corrected chi connectivity index (χ2v) is 6.17. The largest absolute Gasteiger partial charge is 0.494 e. The first-order chi connectivity index (χ1) is 11.6. The van der Waals surface area contributed by atoms with Gasteiger partial charge in [-0.2, -0.15) is 0 Å². The molecular weight excluding hydrogens is 332 g/mol. The van der Waals surface area contributed by atoms with E-state index in [1.165, 1.54) is 37.1 Å². The Balaban J connectivity index is 1.66. The fraction of sp³-hybridized carbons (Fsp3) is 0.278. The Labute approximate surface area is 144 Å². The summed E-state index contributed by atoms with van der Waals surface area (Å²) < 4.78 is 31.2. The van der Waals surface area contributed by atoms with E-state index in [0.29, 0.717) is 24.5 Å². The molecule has 0 spiro atoms. The molecule has 0 atom stereocenters. The molecule has 128 valence electrons. The van der Waals surface area contributed by atoms with Gasteiger partial charge in [0.2, 0.25) is 5.91 Å². The van der Waals surface area contributed by atoms with Gasteiger partial charge in [-0.25, -0.2) is 8.78 Å². The molecule has 2 aromatic rings. The molecule has 0 radical (unpaired) electrons. The van der Waals surface area contributed by atoms with Gasteiger partial charge in [0.15, 0.2) is 11.6 Å². The number of hydrogen-bond acceptors (Lipinski definition) is 3. The number of rotatable bonds is 8. The van der Waals surface area contributed by atoms with Crippen LogP contribution < -0.4 is 10.1 Å². The van der Waals surface area contributed by atoms with Gasteiger partial charge in [-0.3, -0.25) is 4.79 Å². The van der Waals surface area contributed by atoms with E-state index in [1.807, 2.05) is 0 Å². The van der Waals surface area contributed by atoms with Crippen molar-refractivity contribution in [2.75, 3.05) is 19.4 Å². The predicted molar refractivity (Wildman–Crippen MR) is 92.2 cm³/mol. The maximum atomic E-state index is 13.6. The van der Waals surface area contributed by atoms with Gasteiger partial charge in [0.1, 0.15) is 5.82 Å². The van der Waals surface area contributed by atoms with Gasteiger partial charge in [0.05, 0.1) is 12.9 Å². The average molecular weight is 351 g/mol. The van der Waals surface area contributed by atoms with Crippen molar-refractivity contribution >= 4 is 17.7 Å². The van der Waals surface area contributed by atoms with E-state index in [2.05, 4.69) is 5.32 Å². The topological polar surface area (TPSA) is 38.3 Å². The molecular formula is C18H19F2NO2S. The maximum Gasteiger partial charge on any atom is 0.230 e. The van der Waals surface area contributed by atoms with Crippen LogP contribution in [0.2, 0.25) is 0 Å². The Kier molecular flexibility index (Phi) is 7.06. The van der Waals surface area contributed by atoms with Crippen molar-refractivity contribution in [1.82, 2.24) is 5.32 Å². The number of hydrogen-bond donors (Lipinski definition) is 1. The third kappa shape index (κ3) is 5.85. The maximum absolute atomic E-state index is 13.6. The van der Waals surface area contributed by atoms with Gasteiger partial charge in [0.25, 0.3) is 0 Å². The Morgan fingerprint density at radius 2 is 1.83 bits per heavy atom. The van der Waals surface area contributed by atoms with Crippen LogP contribution in [-0.2, 0) is 17.0 Å². The van der Waals surface area contributed by atoms with Crippen LogP contribution in [0.3, 0.4) is 0 Å². The van der Waals surface area contributed by atoms with Crippen LogP contribution in [0.25, 0.3) is 0 Å². The predicted octanol–water partition coefficient (Wildman–Crippen LogP) is 3.57. The number of benzene rings is 2. The highest BCUT2D eigenvalue weighted by Gasteiger charge is 2.05. The lowest BCUT2D eigenvalue weighted by atomic mass is 10.1. The van der Waals surface area contributed by atoms with Gasteiger partial charge in [-0.05, 0) is 41.8 Å². The highest BCUT2D eigenvalue weighted by molar-refractivity contribution is 7.99. The number of ether oxygens (including phenoxy) is 1. The van der Waals surface area contributed by atoms with Crippen molar-refractivity contribution in [3.8, 4) is 5.75 Å². The standard InChI is InChI=1S/C18H19F2NO2S/c1-23-17-7-4-14(10-16(17)20)11-24-12-18(22)21-9-8-13-2-5-15(19)6-3-13/h2-7,10H,8-9,11-12H2,1H3,(H,21,22). The molecule has 0 bridgehead atoms. The number of halogens is 2. The fourth-order valence-corrected chi connectivity index (χ4v) is 2.91. The average Bonchev–Trinajstić information content (AvgIpc) is 2.57. The van der Waals surface area contributed by atoms with Gasteiger partial charge >= 0.3 is 0 Å². The smallest absolute Gasteiger partial charge is 0.230 e. The molecule has 0 aliphatic carbocycles. The number of carbonyl (C=O) groups excluding carboxylic acids is 1. The van der Waals surface area contributed by atoms with Crippen LogP contribution >= 0.6 is 11.8 Å². The van der Waals surface area contributed by atoms with Gasteiger partial charge in [-0.15, -0.1) is 11.8 Å².